The zero-order chi connectivity index (χ0) is 10.4. The van der Waals surface area contributed by atoms with Gasteiger partial charge in [0.25, 0.3) is 0 Å². The number of halogens is 1. The van der Waals surface area contributed by atoms with Crippen LogP contribution in [-0.2, 0) is 0 Å². The molecule has 0 amide bonds. The summed E-state index contributed by atoms with van der Waals surface area (Å²) in [7, 11) is 1.94. The van der Waals surface area contributed by atoms with E-state index in [0.29, 0.717) is 6.54 Å². The molecule has 1 N–H and O–H groups in total. The average molecular weight is 210 g/mol. The number of nitrogens with zero attached hydrogens (tertiary/aromatic N) is 1. The maximum absolute atomic E-state index is 8.48. The Bertz CT molecular complexity index is 337. The standard InChI is InChI=1S/C11H12ClNO/c1-13(8-2-3-9-14)11-6-4-10(12)5-7-11/h4-7,14H,8-9H2,1H3. The van der Waals surface area contributed by atoms with E-state index in [4.69, 9.17) is 16.7 Å². The van der Waals surface area contributed by atoms with E-state index in [1.807, 2.05) is 36.2 Å². The Kier molecular flexibility index (Phi) is 4.31. The lowest BCUT2D eigenvalue weighted by atomic mass is 10.3. The normalized spacial score (nSPS) is 9.07. The van der Waals surface area contributed by atoms with Crippen LogP contribution < -0.4 is 4.90 Å². The summed E-state index contributed by atoms with van der Waals surface area (Å²) in [5.74, 6) is 5.44. The molecule has 2 nitrogen and oxygen atoms in total. The van der Waals surface area contributed by atoms with E-state index >= 15 is 0 Å². The van der Waals surface area contributed by atoms with E-state index in [1.165, 1.54) is 0 Å². The van der Waals surface area contributed by atoms with Crippen LogP contribution in [0.4, 0.5) is 5.69 Å². The van der Waals surface area contributed by atoms with Crippen molar-refractivity contribution < 1.29 is 5.11 Å². The van der Waals surface area contributed by atoms with Gasteiger partial charge in [0.2, 0.25) is 0 Å². The zero-order valence-corrected chi connectivity index (χ0v) is 8.75. The lowest BCUT2D eigenvalue weighted by Crippen LogP contribution is -2.16. The van der Waals surface area contributed by atoms with Crippen LogP contribution >= 0.6 is 11.6 Å². The largest absolute Gasteiger partial charge is 0.384 e. The highest BCUT2D eigenvalue weighted by molar-refractivity contribution is 6.30. The third-order valence-corrected chi connectivity index (χ3v) is 2.04. The minimum Gasteiger partial charge on any atom is -0.384 e. The molecule has 0 radical (unpaired) electrons. The highest BCUT2D eigenvalue weighted by Gasteiger charge is 1.97. The molecule has 0 heterocycles. The summed E-state index contributed by atoms with van der Waals surface area (Å²) in [5, 5.41) is 9.20. The van der Waals surface area contributed by atoms with Crippen LogP contribution in [0.1, 0.15) is 0 Å². The van der Waals surface area contributed by atoms with Crippen molar-refractivity contribution in [3.63, 3.8) is 0 Å². The maximum atomic E-state index is 8.48. The SMILES string of the molecule is CN(CC#CCO)c1ccc(Cl)cc1. The number of aliphatic hydroxyl groups excluding tert-OH is 1. The van der Waals surface area contributed by atoms with Gasteiger partial charge in [-0.1, -0.05) is 23.4 Å². The Labute approximate surface area is 89.1 Å². The van der Waals surface area contributed by atoms with Gasteiger partial charge < -0.3 is 10.0 Å². The molecule has 0 aliphatic carbocycles. The van der Waals surface area contributed by atoms with Gasteiger partial charge in [-0.25, -0.2) is 0 Å². The first-order valence-electron chi connectivity index (χ1n) is 4.27. The minimum absolute atomic E-state index is 0.0888. The fourth-order valence-electron chi connectivity index (χ4n) is 1.02. The topological polar surface area (TPSA) is 23.5 Å². The van der Waals surface area contributed by atoms with Gasteiger partial charge in [-0.3, -0.25) is 0 Å². The second-order valence-electron chi connectivity index (χ2n) is 2.84. The van der Waals surface area contributed by atoms with Crippen LogP contribution in [0.15, 0.2) is 24.3 Å². The number of benzene rings is 1. The molecule has 0 spiro atoms. The van der Waals surface area contributed by atoms with Crippen LogP contribution in [0.2, 0.25) is 5.02 Å². The summed E-state index contributed by atoms with van der Waals surface area (Å²) in [4.78, 5) is 1.99. The highest BCUT2D eigenvalue weighted by atomic mass is 35.5. The Morgan fingerprint density at radius 3 is 2.50 bits per heavy atom. The van der Waals surface area contributed by atoms with Gasteiger partial charge in [0.15, 0.2) is 0 Å². The van der Waals surface area contributed by atoms with Crippen LogP contribution in [0.5, 0.6) is 0 Å². The van der Waals surface area contributed by atoms with Crippen LogP contribution in [0, 0.1) is 11.8 Å². The second-order valence-corrected chi connectivity index (χ2v) is 3.28. The van der Waals surface area contributed by atoms with Crippen molar-refractivity contribution >= 4 is 17.3 Å². The van der Waals surface area contributed by atoms with Gasteiger partial charge in [0.05, 0.1) is 6.54 Å². The number of aliphatic hydroxyl groups is 1. The summed E-state index contributed by atoms with van der Waals surface area (Å²) in [6, 6.07) is 7.55. The molecule has 1 aromatic carbocycles. The number of hydrogen-bond donors (Lipinski definition) is 1. The van der Waals surface area contributed by atoms with E-state index in [-0.39, 0.29) is 6.61 Å². The molecule has 74 valence electrons. The molecule has 14 heavy (non-hydrogen) atoms. The Morgan fingerprint density at radius 1 is 1.29 bits per heavy atom. The molecule has 1 rings (SSSR count). The van der Waals surface area contributed by atoms with Gasteiger partial charge >= 0.3 is 0 Å². The summed E-state index contributed by atoms with van der Waals surface area (Å²) < 4.78 is 0. The number of hydrogen-bond acceptors (Lipinski definition) is 2. The first kappa shape index (κ1) is 10.9. The lowest BCUT2D eigenvalue weighted by Gasteiger charge is -2.15. The third-order valence-electron chi connectivity index (χ3n) is 1.79. The molecular weight excluding hydrogens is 198 g/mol. The maximum Gasteiger partial charge on any atom is 0.104 e. The molecule has 0 aromatic heterocycles. The smallest absolute Gasteiger partial charge is 0.104 e. The van der Waals surface area contributed by atoms with Crippen molar-refractivity contribution in [3.8, 4) is 11.8 Å². The van der Waals surface area contributed by atoms with E-state index in [9.17, 15) is 0 Å². The summed E-state index contributed by atoms with van der Waals surface area (Å²) in [6.07, 6.45) is 0. The summed E-state index contributed by atoms with van der Waals surface area (Å²) in [6.45, 7) is 0.511. The minimum atomic E-state index is -0.0888. The van der Waals surface area contributed by atoms with Crippen LogP contribution in [0.3, 0.4) is 0 Å². The first-order valence-corrected chi connectivity index (χ1v) is 4.65. The highest BCUT2D eigenvalue weighted by Crippen LogP contribution is 2.15. The van der Waals surface area contributed by atoms with E-state index in [0.717, 1.165) is 10.7 Å². The van der Waals surface area contributed by atoms with Crippen molar-refractivity contribution in [2.24, 2.45) is 0 Å². The van der Waals surface area contributed by atoms with E-state index in [1.54, 1.807) is 0 Å². The van der Waals surface area contributed by atoms with E-state index < -0.39 is 0 Å². The predicted molar refractivity (Wildman–Crippen MR) is 59.6 cm³/mol. The molecule has 0 unspecified atom stereocenters. The monoisotopic (exact) mass is 209 g/mol. The fourth-order valence-corrected chi connectivity index (χ4v) is 1.14. The van der Waals surface area contributed by atoms with Gasteiger partial charge in [-0.15, -0.1) is 0 Å². The molecule has 0 atom stereocenters. The molecular formula is C11H12ClNO. The molecule has 0 fully saturated rings. The number of anilines is 1. The van der Waals surface area contributed by atoms with Crippen LogP contribution in [0.25, 0.3) is 0 Å². The predicted octanol–water partition coefficient (Wildman–Crippen LogP) is 1.77. The Balaban J connectivity index is 2.60. The van der Waals surface area contributed by atoms with Crippen LogP contribution in [-0.4, -0.2) is 25.3 Å². The molecule has 0 aliphatic rings. The van der Waals surface area contributed by atoms with Crippen molar-refractivity contribution in [1.29, 1.82) is 0 Å². The van der Waals surface area contributed by atoms with Crippen molar-refractivity contribution in [3.05, 3.63) is 29.3 Å². The molecule has 0 saturated heterocycles. The molecule has 3 heteroatoms. The Hall–Kier alpha value is -1.17. The molecule has 0 aliphatic heterocycles. The second kappa shape index (κ2) is 5.54. The summed E-state index contributed by atoms with van der Waals surface area (Å²) in [5.41, 5.74) is 1.06. The lowest BCUT2D eigenvalue weighted by molar-refractivity contribution is 0.350. The van der Waals surface area contributed by atoms with Gasteiger partial charge in [0, 0.05) is 17.8 Å². The van der Waals surface area contributed by atoms with Gasteiger partial charge in [-0.2, -0.15) is 0 Å². The third kappa shape index (κ3) is 3.29. The van der Waals surface area contributed by atoms with E-state index in [2.05, 4.69) is 11.8 Å². The number of rotatable bonds is 2. The zero-order valence-electron chi connectivity index (χ0n) is 8.00. The molecule has 0 saturated carbocycles. The quantitative estimate of drug-likeness (QED) is 0.751. The van der Waals surface area contributed by atoms with Gasteiger partial charge in [0.1, 0.15) is 6.61 Å². The Morgan fingerprint density at radius 2 is 1.93 bits per heavy atom. The first-order chi connectivity index (χ1) is 6.74. The fraction of sp³-hybridized carbons (Fsp3) is 0.273. The summed E-state index contributed by atoms with van der Waals surface area (Å²) >= 11 is 5.76. The molecule has 1 aromatic rings. The van der Waals surface area contributed by atoms with Gasteiger partial charge in [-0.05, 0) is 24.3 Å². The van der Waals surface area contributed by atoms with Crippen molar-refractivity contribution in [2.45, 2.75) is 0 Å². The van der Waals surface area contributed by atoms with Crippen molar-refractivity contribution in [1.82, 2.24) is 0 Å². The average Bonchev–Trinajstić information content (AvgIpc) is 2.19. The van der Waals surface area contributed by atoms with Crippen molar-refractivity contribution in [2.75, 3.05) is 25.1 Å². The molecule has 0 bridgehead atoms.